The van der Waals surface area contributed by atoms with Gasteiger partial charge in [-0.05, 0) is 12.1 Å². The normalized spacial score (nSPS) is 12.3. The van der Waals surface area contributed by atoms with Crippen molar-refractivity contribution in [3.8, 4) is 11.5 Å². The van der Waals surface area contributed by atoms with Crippen LogP contribution in [0, 0.1) is 0 Å². The van der Waals surface area contributed by atoms with Gasteiger partial charge in [-0.1, -0.05) is 0 Å². The first kappa shape index (κ1) is 12.7. The number of aromatic hydroxyl groups is 2. The summed E-state index contributed by atoms with van der Waals surface area (Å²) in [5.41, 5.74) is 7.28. The number of nitrogens with zero attached hydrogens (tertiary/aromatic N) is 3. The zero-order chi connectivity index (χ0) is 12.8. The molecule has 0 amide bonds. The van der Waals surface area contributed by atoms with Crippen LogP contribution in [-0.2, 0) is 0 Å². The summed E-state index contributed by atoms with van der Waals surface area (Å²) in [6.07, 6.45) is 1.17. The van der Waals surface area contributed by atoms with Crippen LogP contribution < -0.4 is 11.2 Å². The quantitative estimate of drug-likeness (QED) is 0.233. The predicted molar refractivity (Wildman–Crippen MR) is 57.5 cm³/mol. The Morgan fingerprint density at radius 1 is 1.35 bits per heavy atom. The molecule has 0 unspecified atom stereocenters. The lowest BCUT2D eigenvalue weighted by atomic mass is 10.2. The third kappa shape index (κ3) is 4.34. The van der Waals surface area contributed by atoms with E-state index in [1.165, 1.54) is 18.3 Å². The third-order valence-corrected chi connectivity index (χ3v) is 1.59. The van der Waals surface area contributed by atoms with Crippen LogP contribution in [0.4, 0.5) is 0 Å². The number of rotatable bonds is 3. The minimum absolute atomic E-state index is 0.0828. The molecule has 7 N–H and O–H groups in total. The van der Waals surface area contributed by atoms with Crippen molar-refractivity contribution in [1.82, 2.24) is 10.8 Å². The molecule has 9 nitrogen and oxygen atoms in total. The lowest BCUT2D eigenvalue weighted by Crippen LogP contribution is -2.41. The fourth-order valence-electron chi connectivity index (χ4n) is 0.919. The number of guanidine groups is 1. The van der Waals surface area contributed by atoms with Crippen molar-refractivity contribution in [1.29, 1.82) is 0 Å². The Morgan fingerprint density at radius 3 is 2.65 bits per heavy atom. The van der Waals surface area contributed by atoms with Gasteiger partial charge in [0.25, 0.3) is 0 Å². The Bertz CT molecular complexity index is 446. The highest BCUT2D eigenvalue weighted by molar-refractivity contribution is 5.84. The summed E-state index contributed by atoms with van der Waals surface area (Å²) < 4.78 is 0. The molecule has 0 fully saturated rings. The Morgan fingerprint density at radius 2 is 2.06 bits per heavy atom. The van der Waals surface area contributed by atoms with Crippen molar-refractivity contribution < 1.29 is 20.6 Å². The van der Waals surface area contributed by atoms with E-state index in [1.54, 1.807) is 0 Å². The molecule has 9 heteroatoms. The maximum atomic E-state index is 9.37. The number of hydrazine groups is 1. The Kier molecular flexibility index (Phi) is 4.22. The molecule has 0 atom stereocenters. The number of nitrogens with two attached hydrogens (primary N) is 1. The van der Waals surface area contributed by atoms with Crippen LogP contribution in [0.5, 0.6) is 11.5 Å². The van der Waals surface area contributed by atoms with E-state index in [9.17, 15) is 5.11 Å². The van der Waals surface area contributed by atoms with Gasteiger partial charge in [-0.2, -0.15) is 5.10 Å². The monoisotopic (exact) mass is 241 g/mol. The lowest BCUT2D eigenvalue weighted by Gasteiger charge is -2.05. The molecule has 0 spiro atoms. The first-order valence-corrected chi connectivity index (χ1v) is 4.32. The number of hydrogen-bond acceptors (Lipinski definition) is 7. The molecule has 0 bridgehead atoms. The van der Waals surface area contributed by atoms with E-state index in [-0.39, 0.29) is 22.8 Å². The van der Waals surface area contributed by atoms with Gasteiger partial charge in [0.05, 0.1) is 6.21 Å². The molecule has 0 aliphatic heterocycles. The van der Waals surface area contributed by atoms with Crippen LogP contribution in [0.3, 0.4) is 0 Å². The Hall–Kier alpha value is -2.36. The second-order valence-corrected chi connectivity index (χ2v) is 2.87. The SMILES string of the molecule is NC(=N/N=C/c1ccc(O)cc1O)NN(O)O. The van der Waals surface area contributed by atoms with Gasteiger partial charge in [0.2, 0.25) is 5.96 Å². The molecule has 0 aliphatic rings. The van der Waals surface area contributed by atoms with Gasteiger partial charge in [0.1, 0.15) is 11.5 Å². The molecule has 17 heavy (non-hydrogen) atoms. The van der Waals surface area contributed by atoms with E-state index in [4.69, 9.17) is 21.3 Å². The number of phenols is 2. The molecular weight excluding hydrogens is 230 g/mol. The van der Waals surface area contributed by atoms with Gasteiger partial charge in [0, 0.05) is 17.0 Å². The second kappa shape index (κ2) is 5.65. The van der Waals surface area contributed by atoms with E-state index in [0.717, 1.165) is 6.07 Å². The van der Waals surface area contributed by atoms with Crippen molar-refractivity contribution >= 4 is 12.2 Å². The highest BCUT2D eigenvalue weighted by Crippen LogP contribution is 2.20. The van der Waals surface area contributed by atoms with Crippen molar-refractivity contribution in [2.24, 2.45) is 15.9 Å². The average Bonchev–Trinajstić information content (AvgIpc) is 2.20. The van der Waals surface area contributed by atoms with Gasteiger partial charge in [-0.15, -0.1) is 5.10 Å². The summed E-state index contributed by atoms with van der Waals surface area (Å²) in [6, 6.07) is 3.91. The van der Waals surface area contributed by atoms with Crippen LogP contribution in [0.15, 0.2) is 28.4 Å². The fraction of sp³-hybridized carbons (Fsp3) is 0. The largest absolute Gasteiger partial charge is 0.508 e. The number of benzene rings is 1. The zero-order valence-corrected chi connectivity index (χ0v) is 8.52. The van der Waals surface area contributed by atoms with E-state index < -0.39 is 0 Å². The average molecular weight is 241 g/mol. The standard InChI is InChI=1S/C8H11N5O4/c9-8(12-13(16)17)11-10-4-5-1-2-6(14)3-7(5)15/h1-4,14-17H,(H3,9,11,12)/b10-4+. The first-order valence-electron chi connectivity index (χ1n) is 4.32. The van der Waals surface area contributed by atoms with Crippen LogP contribution >= 0.6 is 0 Å². The van der Waals surface area contributed by atoms with E-state index in [0.29, 0.717) is 5.56 Å². The summed E-state index contributed by atoms with van der Waals surface area (Å²) in [5.74, 6) is -0.633. The Balaban J connectivity index is 2.71. The van der Waals surface area contributed by atoms with Gasteiger partial charge in [-0.3, -0.25) is 10.4 Å². The summed E-state index contributed by atoms with van der Waals surface area (Å²) in [5, 5.41) is 41.4. The summed E-state index contributed by atoms with van der Waals surface area (Å²) in [7, 11) is 0. The molecule has 92 valence electrons. The van der Waals surface area contributed by atoms with Crippen molar-refractivity contribution in [2.45, 2.75) is 0 Å². The highest BCUT2D eigenvalue weighted by Gasteiger charge is 1.99. The van der Waals surface area contributed by atoms with Gasteiger partial charge in [-0.25, -0.2) is 5.43 Å². The molecule has 0 heterocycles. The van der Waals surface area contributed by atoms with E-state index in [1.807, 2.05) is 5.43 Å². The molecule has 0 saturated heterocycles. The van der Waals surface area contributed by atoms with Crippen LogP contribution in [0.1, 0.15) is 5.56 Å². The van der Waals surface area contributed by atoms with Gasteiger partial charge in [0.15, 0.2) is 0 Å². The molecule has 0 saturated carbocycles. The van der Waals surface area contributed by atoms with E-state index >= 15 is 0 Å². The number of phenolic OH excluding ortho intramolecular Hbond substituents is 2. The van der Waals surface area contributed by atoms with Crippen molar-refractivity contribution in [2.75, 3.05) is 0 Å². The Labute approximate surface area is 95.6 Å². The highest BCUT2D eigenvalue weighted by atomic mass is 16.8. The molecule has 0 aromatic heterocycles. The summed E-state index contributed by atoms with van der Waals surface area (Å²) >= 11 is 0. The predicted octanol–water partition coefficient (Wildman–Crippen LogP) is -0.669. The van der Waals surface area contributed by atoms with E-state index in [2.05, 4.69) is 10.2 Å². The minimum Gasteiger partial charge on any atom is -0.508 e. The van der Waals surface area contributed by atoms with Crippen LogP contribution in [0.2, 0.25) is 0 Å². The van der Waals surface area contributed by atoms with Crippen molar-refractivity contribution in [3.63, 3.8) is 0 Å². The molecule has 0 aliphatic carbocycles. The molecule has 1 aromatic carbocycles. The minimum atomic E-state index is -0.383. The smallest absolute Gasteiger partial charge is 0.232 e. The van der Waals surface area contributed by atoms with Gasteiger partial charge >= 0.3 is 0 Å². The molecule has 0 radical (unpaired) electrons. The molecule has 1 aromatic rings. The maximum Gasteiger partial charge on any atom is 0.232 e. The number of hydrogen-bond donors (Lipinski definition) is 6. The third-order valence-electron chi connectivity index (χ3n) is 1.59. The van der Waals surface area contributed by atoms with Crippen molar-refractivity contribution in [3.05, 3.63) is 23.8 Å². The maximum absolute atomic E-state index is 9.37. The molecule has 1 rings (SSSR count). The van der Waals surface area contributed by atoms with Gasteiger partial charge < -0.3 is 15.9 Å². The lowest BCUT2D eigenvalue weighted by molar-refractivity contribution is -0.329. The summed E-state index contributed by atoms with van der Waals surface area (Å²) in [4.78, 5) is 0. The summed E-state index contributed by atoms with van der Waals surface area (Å²) in [6.45, 7) is 0. The van der Waals surface area contributed by atoms with Crippen LogP contribution in [0.25, 0.3) is 0 Å². The van der Waals surface area contributed by atoms with Crippen LogP contribution in [-0.4, -0.2) is 38.1 Å². The second-order valence-electron chi connectivity index (χ2n) is 2.87. The molecular formula is C8H11N5O4. The fourth-order valence-corrected chi connectivity index (χ4v) is 0.919. The topological polar surface area (TPSA) is 147 Å². The first-order chi connectivity index (χ1) is 7.99. The number of nitrogens with one attached hydrogen (secondary N) is 1. The zero-order valence-electron chi connectivity index (χ0n) is 8.52.